The molecule has 3 heterocycles. The number of carboxylic acids is 2. The van der Waals surface area contributed by atoms with Crippen molar-refractivity contribution in [3.63, 3.8) is 0 Å². The van der Waals surface area contributed by atoms with E-state index in [0.29, 0.717) is 132 Å². The molecule has 0 aliphatic carbocycles. The van der Waals surface area contributed by atoms with Gasteiger partial charge in [-0.2, -0.15) is 0 Å². The molecule has 3 rings (SSSR count). The van der Waals surface area contributed by atoms with Crippen LogP contribution in [0.5, 0.6) is 0 Å². The fraction of sp³-hybridized carbons (Fsp3) is 0.879. The van der Waals surface area contributed by atoms with E-state index in [0.717, 1.165) is 0 Å². The van der Waals surface area contributed by atoms with Crippen molar-refractivity contribution in [2.75, 3.05) is 224 Å². The van der Waals surface area contributed by atoms with Gasteiger partial charge in [0.25, 0.3) is 0 Å². The molecule has 0 aromatic rings. The summed E-state index contributed by atoms with van der Waals surface area (Å²) in [7, 11) is 0. The Balaban J connectivity index is 2.09. The average molecular weight is 1410 g/mol. The molecule has 570 valence electrons. The fourth-order valence-electron chi connectivity index (χ4n) is 9.70. The number of amides is 6. The lowest BCUT2D eigenvalue weighted by atomic mass is 9.88. The molecule has 98 heavy (non-hydrogen) atoms. The van der Waals surface area contributed by atoms with Crippen molar-refractivity contribution in [1.82, 2.24) is 45.8 Å². The van der Waals surface area contributed by atoms with E-state index in [1.54, 1.807) is 83.1 Å². The Kier molecular flexibility index (Phi) is 43.0. The number of aliphatic carboxylic acids is 2. The number of carbonyl (C=O) groups excluding carboxylic acids is 6. The molecule has 0 atom stereocenters. The van der Waals surface area contributed by atoms with Crippen LogP contribution in [0.25, 0.3) is 0 Å². The highest BCUT2D eigenvalue weighted by molar-refractivity contribution is 5.80. The zero-order valence-electron chi connectivity index (χ0n) is 61.3. The number of hydrogen-bond donors (Lipinski definition) is 6. The van der Waals surface area contributed by atoms with Crippen LogP contribution in [0.2, 0.25) is 0 Å². The summed E-state index contributed by atoms with van der Waals surface area (Å²) in [6.07, 6.45) is -2.83. The standard InChI is InChI=1S/C66H123N9O23/c1-61(2,3)95-57(82)72-22-24-74(59(84)97-63(7,8)9)51-66(48-68-20-19-67-47-65(13,49-72)50-73(58(83)96-62(4,5)6)23-25-75(52-66)60(85)98-64(10,11)12)70-54(77)16-14-15-53(76)69-21-31-88-37-43-94-46-40-91-34-28-71(26-32-89-38-44-92-41-35-86-29-17-55(78)79)27-33-90-39-45-93-42-36-87-30-18-56(80)81/h67-68H,14-52H2,1-13H3,(H,69,76)(H,70,77)(H,78,79)(H,80,81). The predicted molar refractivity (Wildman–Crippen MR) is 361 cm³/mol. The van der Waals surface area contributed by atoms with Crippen molar-refractivity contribution in [3.8, 4) is 0 Å². The van der Waals surface area contributed by atoms with Gasteiger partial charge in [0, 0.05) is 110 Å². The van der Waals surface area contributed by atoms with E-state index >= 15 is 0 Å². The molecule has 32 heteroatoms. The molecule has 2 bridgehead atoms. The molecule has 6 amide bonds. The SMILES string of the molecule is CC12CNCCNCC(NC(=O)CCCC(=O)NCCOCCOCCOCCN(CCOCCOCCOCCC(=O)O)CCOCCOCCOCCC(=O)O)(CN(C(=O)OC(C)(C)C)CCN(C(=O)OC(C)(C)C)C1)CN(C(=O)OC(C)(C)C)CCN(C(=O)OC(C)(C)C)C2. The smallest absolute Gasteiger partial charge is 0.410 e. The summed E-state index contributed by atoms with van der Waals surface area (Å²) in [5.74, 6) is -2.61. The van der Waals surface area contributed by atoms with Gasteiger partial charge in [-0.3, -0.25) is 24.1 Å². The Morgan fingerprint density at radius 2 is 0.694 bits per heavy atom. The molecule has 0 unspecified atom stereocenters. The zero-order chi connectivity index (χ0) is 73.1. The average Bonchev–Trinajstić information content (AvgIpc) is 0.817. The number of ether oxygens (including phenoxy) is 13. The van der Waals surface area contributed by atoms with Crippen LogP contribution in [-0.2, 0) is 80.8 Å². The topological polar surface area (TPSA) is 361 Å². The van der Waals surface area contributed by atoms with Crippen molar-refractivity contribution in [1.29, 1.82) is 0 Å². The monoisotopic (exact) mass is 1410 g/mol. The number of nitrogens with one attached hydrogen (secondary N) is 4. The van der Waals surface area contributed by atoms with Gasteiger partial charge in [-0.1, -0.05) is 6.92 Å². The zero-order valence-corrected chi connectivity index (χ0v) is 61.3. The summed E-state index contributed by atoms with van der Waals surface area (Å²) in [6.45, 7) is 31.2. The molecule has 3 saturated heterocycles. The normalized spacial score (nSPS) is 18.0. The maximum absolute atomic E-state index is 14.5. The highest BCUT2D eigenvalue weighted by Crippen LogP contribution is 2.26. The van der Waals surface area contributed by atoms with Crippen LogP contribution >= 0.6 is 0 Å². The number of carboxylic acid groups (broad SMARTS) is 2. The maximum atomic E-state index is 14.5. The third-order valence-corrected chi connectivity index (χ3v) is 14.1. The van der Waals surface area contributed by atoms with Crippen LogP contribution in [0, 0.1) is 5.41 Å². The number of hydrogen-bond acceptors (Lipinski definition) is 24. The van der Waals surface area contributed by atoms with Crippen molar-refractivity contribution in [2.24, 2.45) is 5.41 Å². The molecule has 32 nitrogen and oxygen atoms in total. The van der Waals surface area contributed by atoms with Crippen molar-refractivity contribution in [2.45, 2.75) is 150 Å². The van der Waals surface area contributed by atoms with Crippen LogP contribution in [0.4, 0.5) is 19.2 Å². The largest absolute Gasteiger partial charge is 0.481 e. The van der Waals surface area contributed by atoms with E-state index in [4.69, 9.17) is 71.8 Å². The Morgan fingerprint density at radius 3 is 1.03 bits per heavy atom. The first kappa shape index (κ1) is 88.6. The Hall–Kier alpha value is -5.52. The predicted octanol–water partition coefficient (Wildman–Crippen LogP) is 3.69. The lowest BCUT2D eigenvalue weighted by molar-refractivity contribution is -0.139. The van der Waals surface area contributed by atoms with Crippen molar-refractivity contribution < 1.29 is 110 Å². The number of nitrogens with zero attached hydrogens (tertiary/aromatic N) is 5. The number of carbonyl (C=O) groups is 8. The van der Waals surface area contributed by atoms with E-state index in [1.165, 1.54) is 19.6 Å². The van der Waals surface area contributed by atoms with Crippen molar-refractivity contribution in [3.05, 3.63) is 0 Å². The van der Waals surface area contributed by atoms with Gasteiger partial charge in [0.1, 0.15) is 22.4 Å². The van der Waals surface area contributed by atoms with E-state index < -0.39 is 75.6 Å². The Labute approximate surface area is 581 Å². The first-order chi connectivity index (χ1) is 46.1. The van der Waals surface area contributed by atoms with Gasteiger partial charge in [0.2, 0.25) is 11.8 Å². The molecule has 3 fully saturated rings. The van der Waals surface area contributed by atoms with Crippen LogP contribution in [0.3, 0.4) is 0 Å². The van der Waals surface area contributed by atoms with Crippen molar-refractivity contribution >= 4 is 48.1 Å². The van der Waals surface area contributed by atoms with Gasteiger partial charge in [0.15, 0.2) is 0 Å². The molecule has 3 aliphatic rings. The van der Waals surface area contributed by atoms with E-state index in [-0.39, 0.29) is 130 Å². The molecular formula is C66H123N9O23. The molecular weight excluding hydrogens is 1290 g/mol. The minimum absolute atomic E-state index is 0.000431. The van der Waals surface area contributed by atoms with Gasteiger partial charge in [-0.15, -0.1) is 0 Å². The van der Waals surface area contributed by atoms with E-state index in [9.17, 15) is 38.4 Å². The highest BCUT2D eigenvalue weighted by atomic mass is 16.6. The summed E-state index contributed by atoms with van der Waals surface area (Å²) < 4.78 is 74.1. The molecule has 0 saturated carbocycles. The number of fused-ring (bicyclic) bond motifs is 15. The fourth-order valence-corrected chi connectivity index (χ4v) is 9.70. The van der Waals surface area contributed by atoms with E-state index in [2.05, 4.69) is 26.2 Å². The van der Waals surface area contributed by atoms with Crippen LogP contribution in [-0.4, -0.2) is 334 Å². The molecule has 3 aliphatic heterocycles. The Bertz CT molecular complexity index is 2190. The third-order valence-electron chi connectivity index (χ3n) is 14.1. The van der Waals surface area contributed by atoms with Gasteiger partial charge in [-0.05, 0) is 89.5 Å². The van der Waals surface area contributed by atoms with E-state index in [1.807, 2.05) is 6.92 Å². The summed E-state index contributed by atoms with van der Waals surface area (Å²) in [6, 6.07) is 0. The lowest BCUT2D eigenvalue weighted by Gasteiger charge is -2.45. The van der Waals surface area contributed by atoms with Gasteiger partial charge in [0.05, 0.1) is 150 Å². The van der Waals surface area contributed by atoms with Gasteiger partial charge in [-0.25, -0.2) is 19.2 Å². The van der Waals surface area contributed by atoms with Crippen LogP contribution in [0.1, 0.15) is 122 Å². The second-order valence-electron chi connectivity index (χ2n) is 28.4. The van der Waals surface area contributed by atoms with Crippen LogP contribution < -0.4 is 21.3 Å². The number of rotatable bonds is 41. The Morgan fingerprint density at radius 1 is 0.398 bits per heavy atom. The minimum Gasteiger partial charge on any atom is -0.481 e. The quantitative estimate of drug-likeness (QED) is 0.0375. The molecule has 0 aromatic heterocycles. The molecule has 6 N–H and O–H groups in total. The van der Waals surface area contributed by atoms with Gasteiger partial charge >= 0.3 is 36.3 Å². The minimum atomic E-state index is -1.48. The van der Waals surface area contributed by atoms with Gasteiger partial charge < -0.3 is 113 Å². The summed E-state index contributed by atoms with van der Waals surface area (Å²) in [5.41, 5.74) is -6.02. The maximum Gasteiger partial charge on any atom is 0.410 e. The highest BCUT2D eigenvalue weighted by Gasteiger charge is 2.43. The second kappa shape index (κ2) is 47.6. The van der Waals surface area contributed by atoms with Crippen LogP contribution in [0.15, 0.2) is 0 Å². The summed E-state index contributed by atoms with van der Waals surface area (Å²) >= 11 is 0. The first-order valence-electron chi connectivity index (χ1n) is 34.3. The first-order valence-corrected chi connectivity index (χ1v) is 34.3. The third kappa shape index (κ3) is 46.0. The molecule has 0 aromatic carbocycles. The summed E-state index contributed by atoms with van der Waals surface area (Å²) in [4.78, 5) is 115. The molecule has 0 spiro atoms. The lowest BCUT2D eigenvalue weighted by Crippen LogP contribution is -2.68. The summed E-state index contributed by atoms with van der Waals surface area (Å²) in [5, 5.41) is 30.4. The molecule has 0 radical (unpaired) electrons. The second-order valence-corrected chi connectivity index (χ2v) is 28.4.